The molecule has 2 aromatic heterocycles. The Hall–Kier alpha value is -2.48. The van der Waals surface area contributed by atoms with Gasteiger partial charge in [-0.25, -0.2) is 14.4 Å². The first-order valence-corrected chi connectivity index (χ1v) is 10.8. The van der Waals surface area contributed by atoms with Crippen molar-refractivity contribution in [3.63, 3.8) is 0 Å². The minimum atomic E-state index is -0.664. The zero-order valence-electron chi connectivity index (χ0n) is 16.0. The number of rotatable bonds is 6. The Kier molecular flexibility index (Phi) is 6.04. The van der Waals surface area contributed by atoms with E-state index in [1.807, 2.05) is 23.8 Å². The SMILES string of the molecule is Cc1ccc(Cl)c2sc(N(CCCn3ccnc3)C(=O)c3c(F)cccc3Cl)nc12. The molecule has 154 valence electrons. The van der Waals surface area contributed by atoms with Crippen LogP contribution in [-0.4, -0.2) is 27.0 Å². The molecule has 0 atom stereocenters. The number of anilines is 1. The van der Waals surface area contributed by atoms with Gasteiger partial charge in [-0.05, 0) is 37.1 Å². The molecular weight excluding hydrogens is 446 g/mol. The lowest BCUT2D eigenvalue weighted by atomic mass is 10.2. The normalized spacial score (nSPS) is 11.2. The van der Waals surface area contributed by atoms with Crippen LogP contribution in [0.4, 0.5) is 9.52 Å². The fourth-order valence-electron chi connectivity index (χ4n) is 3.16. The highest BCUT2D eigenvalue weighted by molar-refractivity contribution is 7.23. The van der Waals surface area contributed by atoms with Crippen molar-refractivity contribution < 1.29 is 9.18 Å². The van der Waals surface area contributed by atoms with E-state index in [-0.39, 0.29) is 10.6 Å². The molecule has 5 nitrogen and oxygen atoms in total. The van der Waals surface area contributed by atoms with E-state index in [1.54, 1.807) is 18.6 Å². The number of imidazole rings is 1. The van der Waals surface area contributed by atoms with Gasteiger partial charge in [0.15, 0.2) is 5.13 Å². The highest BCUT2D eigenvalue weighted by Gasteiger charge is 2.26. The number of hydrogen-bond donors (Lipinski definition) is 0. The fourth-order valence-corrected chi connectivity index (χ4v) is 4.74. The van der Waals surface area contributed by atoms with Crippen molar-refractivity contribution in [3.05, 3.63) is 76.0 Å². The summed E-state index contributed by atoms with van der Waals surface area (Å²) in [5, 5.41) is 1.08. The van der Waals surface area contributed by atoms with Crippen molar-refractivity contribution in [1.82, 2.24) is 14.5 Å². The number of carbonyl (C=O) groups excluding carboxylic acids is 1. The van der Waals surface area contributed by atoms with Crippen molar-refractivity contribution in [3.8, 4) is 0 Å². The molecule has 9 heteroatoms. The predicted molar refractivity (Wildman–Crippen MR) is 119 cm³/mol. The molecule has 0 aliphatic heterocycles. The number of aryl methyl sites for hydroxylation is 2. The summed E-state index contributed by atoms with van der Waals surface area (Å²) in [7, 11) is 0. The predicted octanol–water partition coefficient (Wildman–Crippen LogP) is 5.98. The Morgan fingerprint density at radius 3 is 2.77 bits per heavy atom. The smallest absolute Gasteiger partial charge is 0.264 e. The lowest BCUT2D eigenvalue weighted by molar-refractivity contribution is 0.0982. The summed E-state index contributed by atoms with van der Waals surface area (Å²) in [6.45, 7) is 2.92. The fraction of sp³-hybridized carbons (Fsp3) is 0.190. The molecule has 0 aliphatic carbocycles. The highest BCUT2D eigenvalue weighted by atomic mass is 35.5. The number of fused-ring (bicyclic) bond motifs is 1. The average Bonchev–Trinajstić information content (AvgIpc) is 3.38. The van der Waals surface area contributed by atoms with Crippen molar-refractivity contribution in [1.29, 1.82) is 0 Å². The standard InChI is InChI=1S/C21H17Cl2FN4OS/c1-13-6-7-15(23)19-18(13)26-21(30-19)28(10-3-9-27-11-8-25-12-27)20(29)17-14(22)4-2-5-16(17)24/h2,4-8,11-12H,3,9-10H2,1H3. The van der Waals surface area contributed by atoms with Gasteiger partial charge in [0.25, 0.3) is 5.91 Å². The van der Waals surface area contributed by atoms with Crippen LogP contribution in [0.1, 0.15) is 22.3 Å². The molecule has 30 heavy (non-hydrogen) atoms. The van der Waals surface area contributed by atoms with E-state index in [2.05, 4.69) is 9.97 Å². The Morgan fingerprint density at radius 1 is 1.23 bits per heavy atom. The quantitative estimate of drug-likeness (QED) is 0.353. The maximum Gasteiger partial charge on any atom is 0.264 e. The Labute approximate surface area is 186 Å². The summed E-state index contributed by atoms with van der Waals surface area (Å²) in [6.07, 6.45) is 5.87. The first kappa shape index (κ1) is 20.8. The van der Waals surface area contributed by atoms with Crippen molar-refractivity contribution in [2.24, 2.45) is 0 Å². The van der Waals surface area contributed by atoms with Gasteiger partial charge in [-0.15, -0.1) is 0 Å². The molecule has 0 radical (unpaired) electrons. The number of carbonyl (C=O) groups is 1. The van der Waals surface area contributed by atoms with Crippen molar-refractivity contribution >= 4 is 55.8 Å². The van der Waals surface area contributed by atoms with Crippen LogP contribution in [-0.2, 0) is 6.54 Å². The topological polar surface area (TPSA) is 51.0 Å². The zero-order valence-corrected chi connectivity index (χ0v) is 18.3. The summed E-state index contributed by atoms with van der Waals surface area (Å²) in [4.78, 5) is 23.5. The van der Waals surface area contributed by atoms with Crippen molar-refractivity contribution in [2.45, 2.75) is 19.9 Å². The third-order valence-corrected chi connectivity index (χ3v) is 6.55. The van der Waals surface area contributed by atoms with Gasteiger partial charge >= 0.3 is 0 Å². The van der Waals surface area contributed by atoms with Gasteiger partial charge in [0.05, 0.1) is 32.2 Å². The van der Waals surface area contributed by atoms with Crippen LogP contribution in [0.15, 0.2) is 49.1 Å². The molecule has 0 saturated heterocycles. The molecule has 0 spiro atoms. The third kappa shape index (κ3) is 4.05. The number of nitrogens with zero attached hydrogens (tertiary/aromatic N) is 4. The van der Waals surface area contributed by atoms with E-state index in [4.69, 9.17) is 23.2 Å². The summed E-state index contributed by atoms with van der Waals surface area (Å²) in [6, 6.07) is 7.88. The maximum absolute atomic E-state index is 14.5. The average molecular weight is 463 g/mol. The number of thiazole rings is 1. The van der Waals surface area contributed by atoms with Gasteiger partial charge in [-0.2, -0.15) is 0 Å². The van der Waals surface area contributed by atoms with Crippen LogP contribution in [0.25, 0.3) is 10.2 Å². The van der Waals surface area contributed by atoms with E-state index < -0.39 is 11.7 Å². The molecule has 0 aliphatic rings. The minimum absolute atomic E-state index is 0.0648. The zero-order chi connectivity index (χ0) is 21.3. The van der Waals surface area contributed by atoms with Crippen LogP contribution in [0.2, 0.25) is 10.0 Å². The molecule has 0 N–H and O–H groups in total. The molecule has 0 fully saturated rings. The molecule has 2 heterocycles. The molecule has 4 aromatic rings. The summed E-state index contributed by atoms with van der Waals surface area (Å²) >= 11 is 13.8. The summed E-state index contributed by atoms with van der Waals surface area (Å²) in [5.74, 6) is -1.20. The second kappa shape index (κ2) is 8.71. The van der Waals surface area contributed by atoms with Gasteiger partial charge < -0.3 is 4.57 Å². The van der Waals surface area contributed by atoms with Crippen LogP contribution in [0.5, 0.6) is 0 Å². The van der Waals surface area contributed by atoms with E-state index in [0.29, 0.717) is 29.7 Å². The first-order valence-electron chi connectivity index (χ1n) is 9.23. The van der Waals surface area contributed by atoms with E-state index in [9.17, 15) is 9.18 Å². The maximum atomic E-state index is 14.5. The molecule has 1 amide bonds. The lowest BCUT2D eigenvalue weighted by Crippen LogP contribution is -2.33. The molecule has 0 bridgehead atoms. The van der Waals surface area contributed by atoms with Gasteiger partial charge in [0.1, 0.15) is 5.82 Å². The second-order valence-corrected chi connectivity index (χ2v) is 8.54. The lowest BCUT2D eigenvalue weighted by Gasteiger charge is -2.21. The number of hydrogen-bond acceptors (Lipinski definition) is 4. The Bertz CT molecular complexity index is 1150. The molecule has 4 rings (SSSR count). The van der Waals surface area contributed by atoms with Gasteiger partial charge in [0, 0.05) is 25.5 Å². The van der Waals surface area contributed by atoms with E-state index >= 15 is 0 Å². The number of benzene rings is 2. The number of halogens is 3. The summed E-state index contributed by atoms with van der Waals surface area (Å²) in [5.41, 5.74) is 1.52. The van der Waals surface area contributed by atoms with Gasteiger partial charge in [-0.1, -0.05) is 46.7 Å². The number of amides is 1. The van der Waals surface area contributed by atoms with Crippen molar-refractivity contribution in [2.75, 3.05) is 11.4 Å². The second-order valence-electron chi connectivity index (χ2n) is 6.75. The summed E-state index contributed by atoms with van der Waals surface area (Å²) < 4.78 is 17.2. The number of aromatic nitrogens is 3. The largest absolute Gasteiger partial charge is 0.337 e. The van der Waals surface area contributed by atoms with Crippen LogP contribution in [0.3, 0.4) is 0 Å². The Morgan fingerprint density at radius 2 is 2.07 bits per heavy atom. The van der Waals surface area contributed by atoms with Crippen LogP contribution < -0.4 is 4.90 Å². The molecule has 0 unspecified atom stereocenters. The Balaban J connectivity index is 1.72. The van der Waals surface area contributed by atoms with E-state index in [0.717, 1.165) is 15.8 Å². The van der Waals surface area contributed by atoms with Gasteiger partial charge in [0.2, 0.25) is 0 Å². The van der Waals surface area contributed by atoms with Crippen LogP contribution in [0, 0.1) is 12.7 Å². The first-order chi connectivity index (χ1) is 14.5. The minimum Gasteiger partial charge on any atom is -0.337 e. The highest BCUT2D eigenvalue weighted by Crippen LogP contribution is 2.36. The van der Waals surface area contributed by atoms with Gasteiger partial charge in [-0.3, -0.25) is 9.69 Å². The van der Waals surface area contributed by atoms with Crippen LogP contribution >= 0.6 is 34.5 Å². The third-order valence-electron chi connectivity index (χ3n) is 4.70. The molecule has 0 saturated carbocycles. The van der Waals surface area contributed by atoms with E-state index in [1.165, 1.54) is 34.4 Å². The monoisotopic (exact) mass is 462 g/mol. The molecular formula is C21H17Cl2FN4OS. The molecule has 2 aromatic carbocycles.